The van der Waals surface area contributed by atoms with Crippen LogP contribution < -0.4 is 5.32 Å². The van der Waals surface area contributed by atoms with E-state index in [0.29, 0.717) is 19.0 Å². The van der Waals surface area contributed by atoms with Crippen molar-refractivity contribution in [3.63, 3.8) is 0 Å². The van der Waals surface area contributed by atoms with E-state index in [9.17, 15) is 9.59 Å². The van der Waals surface area contributed by atoms with Crippen LogP contribution in [-0.4, -0.2) is 59.6 Å². The Morgan fingerprint density at radius 1 is 1.25 bits per heavy atom. The lowest BCUT2D eigenvalue weighted by Crippen LogP contribution is -2.43. The molecule has 1 aromatic rings. The normalized spacial score (nSPS) is 18.8. The Hall–Kier alpha value is -2.08. The second-order valence-electron chi connectivity index (χ2n) is 8.37. The third kappa shape index (κ3) is 6.51. The fourth-order valence-electron chi connectivity index (χ4n) is 4.02. The van der Waals surface area contributed by atoms with Gasteiger partial charge in [-0.1, -0.05) is 38.1 Å². The average molecular weight is 390 g/mol. The second kappa shape index (κ2) is 10.5. The molecule has 1 aromatic carbocycles. The molecule has 6 heteroatoms. The number of amides is 2. The van der Waals surface area contributed by atoms with Crippen LogP contribution in [0.5, 0.6) is 0 Å². The molecule has 1 fully saturated rings. The molecule has 2 atom stereocenters. The Morgan fingerprint density at radius 2 is 1.96 bits per heavy atom. The highest BCUT2D eigenvalue weighted by Crippen LogP contribution is 2.25. The summed E-state index contributed by atoms with van der Waals surface area (Å²) in [7, 11) is 1.85. The number of aryl methyl sites for hydroxylation is 1. The summed E-state index contributed by atoms with van der Waals surface area (Å²) in [6.45, 7) is 7.84. The molecule has 1 saturated heterocycles. The van der Waals surface area contributed by atoms with E-state index in [4.69, 9.17) is 5.11 Å². The summed E-state index contributed by atoms with van der Waals surface area (Å²) < 4.78 is 0. The summed E-state index contributed by atoms with van der Waals surface area (Å²) in [6.07, 6.45) is 3.51. The number of hydrogen-bond donors (Lipinski definition) is 2. The minimum atomic E-state index is -0.809. The van der Waals surface area contributed by atoms with E-state index >= 15 is 0 Å². The van der Waals surface area contributed by atoms with Crippen LogP contribution in [0.1, 0.15) is 56.7 Å². The number of carbonyl (C=O) groups is 2. The molecule has 2 unspecified atom stereocenters. The van der Waals surface area contributed by atoms with Crippen molar-refractivity contribution in [2.45, 2.75) is 58.5 Å². The van der Waals surface area contributed by atoms with Crippen molar-refractivity contribution in [2.75, 3.05) is 26.7 Å². The number of likely N-dealkylation sites (tertiary alicyclic amines) is 1. The number of urea groups is 1. The van der Waals surface area contributed by atoms with Gasteiger partial charge in [0.15, 0.2) is 0 Å². The van der Waals surface area contributed by atoms with Gasteiger partial charge in [0.1, 0.15) is 0 Å². The summed E-state index contributed by atoms with van der Waals surface area (Å²) in [5.74, 6) is -0.334. The predicted molar refractivity (Wildman–Crippen MR) is 111 cm³/mol. The Balaban J connectivity index is 2.01. The molecule has 2 amide bonds. The number of aliphatic carboxylic acids is 1. The predicted octanol–water partition coefficient (Wildman–Crippen LogP) is 3.66. The molecule has 1 aliphatic heterocycles. The lowest BCUT2D eigenvalue weighted by molar-refractivity contribution is -0.138. The van der Waals surface area contributed by atoms with Crippen molar-refractivity contribution in [2.24, 2.45) is 5.92 Å². The highest BCUT2D eigenvalue weighted by molar-refractivity contribution is 5.75. The summed E-state index contributed by atoms with van der Waals surface area (Å²) in [5, 5.41) is 12.3. The molecule has 1 aliphatic rings. The zero-order chi connectivity index (χ0) is 20.7. The van der Waals surface area contributed by atoms with Gasteiger partial charge in [0.05, 0.1) is 12.6 Å². The molecule has 0 spiro atoms. The van der Waals surface area contributed by atoms with E-state index in [1.54, 1.807) is 0 Å². The first kappa shape index (κ1) is 22.2. The van der Waals surface area contributed by atoms with Gasteiger partial charge in [-0.25, -0.2) is 4.79 Å². The van der Waals surface area contributed by atoms with Crippen LogP contribution in [-0.2, 0) is 4.79 Å². The smallest absolute Gasteiger partial charge is 0.317 e. The summed E-state index contributed by atoms with van der Waals surface area (Å²) >= 11 is 0. The minimum absolute atomic E-state index is 0.00225. The molecule has 156 valence electrons. The van der Waals surface area contributed by atoms with Crippen molar-refractivity contribution >= 4 is 12.0 Å². The molecule has 2 rings (SSSR count). The monoisotopic (exact) mass is 389 g/mol. The molecule has 0 aromatic heterocycles. The zero-order valence-corrected chi connectivity index (χ0v) is 17.6. The maximum Gasteiger partial charge on any atom is 0.317 e. The van der Waals surface area contributed by atoms with Crippen molar-refractivity contribution in [1.82, 2.24) is 15.1 Å². The molecule has 0 aliphatic carbocycles. The lowest BCUT2D eigenvalue weighted by atomic mass is 9.94. The molecular formula is C22H35N3O3. The summed E-state index contributed by atoms with van der Waals surface area (Å²) in [6, 6.07) is 8.42. The highest BCUT2D eigenvalue weighted by Gasteiger charge is 2.26. The maximum atomic E-state index is 13.0. The molecule has 2 N–H and O–H groups in total. The maximum absolute atomic E-state index is 13.0. The van der Waals surface area contributed by atoms with Crippen molar-refractivity contribution in [1.29, 1.82) is 0 Å². The molecular weight excluding hydrogens is 354 g/mol. The number of likely N-dealkylation sites (N-methyl/N-ethyl adjacent to an activating group) is 1. The summed E-state index contributed by atoms with van der Waals surface area (Å²) in [4.78, 5) is 27.7. The second-order valence-corrected chi connectivity index (χ2v) is 8.37. The number of hydrogen-bond acceptors (Lipinski definition) is 3. The number of carboxylic acids is 1. The van der Waals surface area contributed by atoms with E-state index in [1.165, 1.54) is 11.1 Å². The van der Waals surface area contributed by atoms with E-state index in [2.05, 4.69) is 38.2 Å². The number of carboxylic acid groups (broad SMARTS) is 1. The first-order valence-electron chi connectivity index (χ1n) is 10.3. The fourth-order valence-corrected chi connectivity index (χ4v) is 4.02. The minimum Gasteiger partial charge on any atom is -0.480 e. The van der Waals surface area contributed by atoms with Gasteiger partial charge >= 0.3 is 12.0 Å². The van der Waals surface area contributed by atoms with E-state index in [-0.39, 0.29) is 24.7 Å². The van der Waals surface area contributed by atoms with Gasteiger partial charge in [0, 0.05) is 19.1 Å². The van der Waals surface area contributed by atoms with Crippen molar-refractivity contribution in [3.05, 3.63) is 35.4 Å². The third-order valence-electron chi connectivity index (χ3n) is 5.56. The van der Waals surface area contributed by atoms with Gasteiger partial charge in [-0.3, -0.25) is 9.69 Å². The van der Waals surface area contributed by atoms with Crippen LogP contribution >= 0.6 is 0 Å². The number of nitrogens with one attached hydrogen (secondary N) is 1. The Labute approximate surface area is 168 Å². The van der Waals surface area contributed by atoms with Gasteiger partial charge in [-0.15, -0.1) is 0 Å². The number of carbonyl (C=O) groups excluding carboxylic acids is 1. The van der Waals surface area contributed by atoms with Gasteiger partial charge < -0.3 is 15.3 Å². The van der Waals surface area contributed by atoms with Gasteiger partial charge in [-0.05, 0) is 56.7 Å². The van der Waals surface area contributed by atoms with Crippen LogP contribution in [0.4, 0.5) is 4.79 Å². The quantitative estimate of drug-likeness (QED) is 0.746. The topological polar surface area (TPSA) is 72.9 Å². The number of benzene rings is 1. The van der Waals surface area contributed by atoms with Gasteiger partial charge in [0.25, 0.3) is 0 Å². The molecule has 0 saturated carbocycles. The number of nitrogens with zero attached hydrogens (tertiary/aromatic N) is 2. The Bertz CT molecular complexity index is 662. The van der Waals surface area contributed by atoms with Crippen LogP contribution in [0.2, 0.25) is 0 Å². The fraction of sp³-hybridized carbons (Fsp3) is 0.636. The van der Waals surface area contributed by atoms with Crippen LogP contribution in [0, 0.1) is 12.8 Å². The van der Waals surface area contributed by atoms with Gasteiger partial charge in [0.2, 0.25) is 0 Å². The Morgan fingerprint density at radius 3 is 2.61 bits per heavy atom. The van der Waals surface area contributed by atoms with Gasteiger partial charge in [-0.2, -0.15) is 0 Å². The Kier molecular flexibility index (Phi) is 8.30. The largest absolute Gasteiger partial charge is 0.480 e. The third-order valence-corrected chi connectivity index (χ3v) is 5.56. The van der Waals surface area contributed by atoms with Crippen LogP contribution in [0.3, 0.4) is 0 Å². The van der Waals surface area contributed by atoms with E-state index < -0.39 is 5.97 Å². The van der Waals surface area contributed by atoms with Crippen LogP contribution in [0.15, 0.2) is 24.3 Å². The van der Waals surface area contributed by atoms with Crippen molar-refractivity contribution in [3.8, 4) is 0 Å². The van der Waals surface area contributed by atoms with Crippen molar-refractivity contribution < 1.29 is 14.7 Å². The SMILES string of the molecule is Cc1ccccc1C(CC(C)C)NC(=O)N1CCCC(N(C)CC(=O)O)CC1. The molecule has 0 radical (unpaired) electrons. The van der Waals surface area contributed by atoms with E-state index in [1.807, 2.05) is 29.0 Å². The first-order chi connectivity index (χ1) is 13.3. The lowest BCUT2D eigenvalue weighted by Gasteiger charge is -2.28. The molecule has 28 heavy (non-hydrogen) atoms. The molecule has 6 nitrogen and oxygen atoms in total. The molecule has 1 heterocycles. The standard InChI is InChI=1S/C22H35N3O3/c1-16(2)14-20(19-10-6-5-8-17(19)3)23-22(28)25-12-7-9-18(11-13-25)24(4)15-21(26)27/h5-6,8,10,16,18,20H,7,9,11-15H2,1-4H3,(H,23,28)(H,26,27). The molecule has 0 bridgehead atoms. The number of rotatable bonds is 7. The highest BCUT2D eigenvalue weighted by atomic mass is 16.4. The van der Waals surface area contributed by atoms with E-state index in [0.717, 1.165) is 25.7 Å². The zero-order valence-electron chi connectivity index (χ0n) is 17.6. The van der Waals surface area contributed by atoms with Crippen LogP contribution in [0.25, 0.3) is 0 Å². The first-order valence-corrected chi connectivity index (χ1v) is 10.3. The average Bonchev–Trinajstić information content (AvgIpc) is 2.87. The summed E-state index contributed by atoms with van der Waals surface area (Å²) in [5.41, 5.74) is 2.37.